The van der Waals surface area contributed by atoms with Crippen molar-refractivity contribution < 1.29 is 0 Å². The number of rotatable bonds is 3. The molecule has 3 heteroatoms. The predicted molar refractivity (Wildman–Crippen MR) is 57.9 cm³/mol. The number of benzene rings is 1. The highest BCUT2D eigenvalue weighted by molar-refractivity contribution is 5.53. The van der Waals surface area contributed by atoms with E-state index in [2.05, 4.69) is 6.07 Å². The summed E-state index contributed by atoms with van der Waals surface area (Å²) in [5.41, 5.74) is 8.00. The van der Waals surface area contributed by atoms with Crippen molar-refractivity contribution in [3.05, 3.63) is 29.8 Å². The molecular weight excluding hydrogens is 174 g/mol. The van der Waals surface area contributed by atoms with Gasteiger partial charge in [0.15, 0.2) is 0 Å². The summed E-state index contributed by atoms with van der Waals surface area (Å²) in [6, 6.07) is 9.78. The topological polar surface area (TPSA) is 53.0 Å². The first-order chi connectivity index (χ1) is 6.66. The zero-order chi connectivity index (χ0) is 10.6. The van der Waals surface area contributed by atoms with E-state index >= 15 is 0 Å². The van der Waals surface area contributed by atoms with Crippen molar-refractivity contribution in [3.63, 3.8) is 0 Å². The number of para-hydroxylation sites is 1. The number of anilines is 1. The fourth-order valence-corrected chi connectivity index (χ4v) is 1.42. The van der Waals surface area contributed by atoms with E-state index in [9.17, 15) is 0 Å². The molecule has 0 aliphatic heterocycles. The zero-order valence-electron chi connectivity index (χ0n) is 8.57. The predicted octanol–water partition coefficient (Wildman–Crippen LogP) is 1.67. The third-order valence-corrected chi connectivity index (χ3v) is 2.13. The Morgan fingerprint density at radius 1 is 1.43 bits per heavy atom. The van der Waals surface area contributed by atoms with E-state index in [1.54, 1.807) is 0 Å². The molecular formula is C11H15N3. The Labute approximate surface area is 84.7 Å². The molecule has 0 heterocycles. The van der Waals surface area contributed by atoms with Gasteiger partial charge < -0.3 is 10.6 Å². The van der Waals surface area contributed by atoms with Crippen LogP contribution in [-0.4, -0.2) is 14.1 Å². The van der Waals surface area contributed by atoms with Crippen molar-refractivity contribution in [1.82, 2.24) is 0 Å². The van der Waals surface area contributed by atoms with Gasteiger partial charge in [0.1, 0.15) is 0 Å². The number of hydrogen-bond acceptors (Lipinski definition) is 3. The molecule has 14 heavy (non-hydrogen) atoms. The molecule has 2 N–H and O–H groups in total. The Morgan fingerprint density at radius 3 is 2.64 bits per heavy atom. The lowest BCUT2D eigenvalue weighted by atomic mass is 10.0. The van der Waals surface area contributed by atoms with Gasteiger partial charge >= 0.3 is 0 Å². The second-order valence-electron chi connectivity index (χ2n) is 3.42. The summed E-state index contributed by atoms with van der Waals surface area (Å²) in [4.78, 5) is 2.01. The second kappa shape index (κ2) is 4.64. The Balaban J connectivity index is 3.01. The Kier molecular flexibility index (Phi) is 3.49. The van der Waals surface area contributed by atoms with Gasteiger partial charge in [-0.15, -0.1) is 0 Å². The maximum atomic E-state index is 8.58. The molecule has 0 radical (unpaired) electrons. The van der Waals surface area contributed by atoms with Gasteiger partial charge in [-0.25, -0.2) is 0 Å². The number of nitriles is 1. The third kappa shape index (κ3) is 2.24. The van der Waals surface area contributed by atoms with E-state index in [1.807, 2.05) is 43.3 Å². The van der Waals surface area contributed by atoms with Crippen LogP contribution in [-0.2, 0) is 0 Å². The van der Waals surface area contributed by atoms with Crippen molar-refractivity contribution in [2.45, 2.75) is 12.5 Å². The van der Waals surface area contributed by atoms with Gasteiger partial charge in [0.05, 0.1) is 12.5 Å². The smallest absolute Gasteiger partial charge is 0.0641 e. The quantitative estimate of drug-likeness (QED) is 0.786. The lowest BCUT2D eigenvalue weighted by Crippen LogP contribution is -2.16. The average molecular weight is 189 g/mol. The maximum absolute atomic E-state index is 8.58. The van der Waals surface area contributed by atoms with E-state index < -0.39 is 0 Å². The van der Waals surface area contributed by atoms with Crippen LogP contribution in [0.15, 0.2) is 24.3 Å². The average Bonchev–Trinajstić information content (AvgIpc) is 2.18. The van der Waals surface area contributed by atoms with Gasteiger partial charge in [0.2, 0.25) is 0 Å². The first kappa shape index (κ1) is 10.6. The molecule has 0 saturated heterocycles. The fourth-order valence-electron chi connectivity index (χ4n) is 1.42. The van der Waals surface area contributed by atoms with Crippen molar-refractivity contribution in [2.75, 3.05) is 19.0 Å². The van der Waals surface area contributed by atoms with E-state index in [0.717, 1.165) is 11.3 Å². The van der Waals surface area contributed by atoms with Gasteiger partial charge in [-0.2, -0.15) is 5.26 Å². The summed E-state index contributed by atoms with van der Waals surface area (Å²) >= 11 is 0. The van der Waals surface area contributed by atoms with Crippen molar-refractivity contribution in [2.24, 2.45) is 5.73 Å². The highest BCUT2D eigenvalue weighted by Crippen LogP contribution is 2.24. The zero-order valence-corrected chi connectivity index (χ0v) is 8.57. The molecule has 74 valence electrons. The Bertz CT molecular complexity index is 339. The SMILES string of the molecule is CN(C)c1ccccc1C(N)CC#N. The molecule has 0 saturated carbocycles. The van der Waals surface area contributed by atoms with E-state index in [4.69, 9.17) is 11.0 Å². The molecule has 0 spiro atoms. The molecule has 0 aliphatic rings. The van der Waals surface area contributed by atoms with Gasteiger partial charge in [-0.1, -0.05) is 18.2 Å². The molecule has 1 aromatic rings. The normalized spacial score (nSPS) is 11.9. The van der Waals surface area contributed by atoms with Gasteiger partial charge in [-0.3, -0.25) is 0 Å². The molecule has 0 aromatic heterocycles. The maximum Gasteiger partial charge on any atom is 0.0641 e. The first-order valence-corrected chi connectivity index (χ1v) is 4.55. The second-order valence-corrected chi connectivity index (χ2v) is 3.42. The number of hydrogen-bond donors (Lipinski definition) is 1. The number of nitrogens with zero attached hydrogens (tertiary/aromatic N) is 2. The highest BCUT2D eigenvalue weighted by atomic mass is 15.1. The van der Waals surface area contributed by atoms with Crippen LogP contribution in [0.4, 0.5) is 5.69 Å². The summed E-state index contributed by atoms with van der Waals surface area (Å²) in [5.74, 6) is 0. The van der Waals surface area contributed by atoms with Crippen LogP contribution in [0, 0.1) is 11.3 Å². The molecule has 1 unspecified atom stereocenters. The molecule has 3 nitrogen and oxygen atoms in total. The lowest BCUT2D eigenvalue weighted by molar-refractivity contribution is 0.746. The van der Waals surface area contributed by atoms with Crippen LogP contribution in [0.5, 0.6) is 0 Å². The van der Waals surface area contributed by atoms with Crippen molar-refractivity contribution in [3.8, 4) is 6.07 Å². The van der Waals surface area contributed by atoms with Crippen molar-refractivity contribution >= 4 is 5.69 Å². The molecule has 1 aromatic carbocycles. The third-order valence-electron chi connectivity index (χ3n) is 2.13. The number of nitrogens with two attached hydrogens (primary N) is 1. The minimum absolute atomic E-state index is 0.196. The molecule has 0 bridgehead atoms. The Morgan fingerprint density at radius 2 is 2.07 bits per heavy atom. The molecule has 0 amide bonds. The largest absolute Gasteiger partial charge is 0.377 e. The van der Waals surface area contributed by atoms with Gasteiger partial charge in [-0.05, 0) is 11.6 Å². The van der Waals surface area contributed by atoms with Crippen LogP contribution in [0.25, 0.3) is 0 Å². The van der Waals surface area contributed by atoms with Crippen LogP contribution >= 0.6 is 0 Å². The highest BCUT2D eigenvalue weighted by Gasteiger charge is 2.10. The summed E-state index contributed by atoms with van der Waals surface area (Å²) < 4.78 is 0. The standard InChI is InChI=1S/C11H15N3/c1-14(2)11-6-4-3-5-9(11)10(13)7-8-12/h3-6,10H,7,13H2,1-2H3. The van der Waals surface area contributed by atoms with Crippen molar-refractivity contribution in [1.29, 1.82) is 5.26 Å². The molecule has 0 aliphatic carbocycles. The van der Waals surface area contributed by atoms with Crippen LogP contribution in [0.3, 0.4) is 0 Å². The van der Waals surface area contributed by atoms with Gasteiger partial charge in [0.25, 0.3) is 0 Å². The van der Waals surface area contributed by atoms with Crippen LogP contribution in [0.2, 0.25) is 0 Å². The summed E-state index contributed by atoms with van der Waals surface area (Å²) in [5, 5.41) is 8.58. The molecule has 1 rings (SSSR count). The summed E-state index contributed by atoms with van der Waals surface area (Å²) in [7, 11) is 3.94. The minimum atomic E-state index is -0.196. The van der Waals surface area contributed by atoms with Gasteiger partial charge in [0, 0.05) is 25.8 Å². The van der Waals surface area contributed by atoms with E-state index in [1.165, 1.54) is 0 Å². The molecule has 1 atom stereocenters. The minimum Gasteiger partial charge on any atom is -0.377 e. The monoisotopic (exact) mass is 189 g/mol. The van der Waals surface area contributed by atoms with E-state index in [-0.39, 0.29) is 6.04 Å². The summed E-state index contributed by atoms with van der Waals surface area (Å²) in [6.07, 6.45) is 0.352. The molecule has 0 fully saturated rings. The fraction of sp³-hybridized carbons (Fsp3) is 0.364. The van der Waals surface area contributed by atoms with Crippen LogP contribution < -0.4 is 10.6 Å². The first-order valence-electron chi connectivity index (χ1n) is 4.55. The van der Waals surface area contributed by atoms with E-state index in [0.29, 0.717) is 6.42 Å². The Hall–Kier alpha value is -1.53. The van der Waals surface area contributed by atoms with Crippen LogP contribution in [0.1, 0.15) is 18.0 Å². The summed E-state index contributed by atoms with van der Waals surface area (Å²) in [6.45, 7) is 0. The lowest BCUT2D eigenvalue weighted by Gasteiger charge is -2.19.